The normalized spacial score (nSPS) is 24.2. The largest absolute Gasteiger partial charge is 0.506 e. The van der Waals surface area contributed by atoms with E-state index in [2.05, 4.69) is 10.1 Å². The Balaban J connectivity index is 2.17. The number of ether oxygens (including phenoxy) is 2. The first-order valence-electron chi connectivity index (χ1n) is 5.15. The molecule has 1 saturated carbocycles. The van der Waals surface area contributed by atoms with Gasteiger partial charge >= 0.3 is 12.2 Å². The lowest BCUT2D eigenvalue weighted by Gasteiger charge is -2.34. The van der Waals surface area contributed by atoms with Crippen LogP contribution in [0.4, 0.5) is 9.59 Å². The summed E-state index contributed by atoms with van der Waals surface area (Å²) in [6.07, 6.45) is -1.05. The van der Waals surface area contributed by atoms with Crippen LogP contribution in [-0.4, -0.2) is 35.1 Å². The van der Waals surface area contributed by atoms with Crippen LogP contribution in [0.3, 0.4) is 0 Å². The number of carbonyl (C=O) groups excluding carboxylic acids is 1. The summed E-state index contributed by atoms with van der Waals surface area (Å²) in [4.78, 5) is 21.5. The number of amides is 1. The van der Waals surface area contributed by atoms with E-state index in [1.165, 1.54) is 0 Å². The van der Waals surface area contributed by atoms with Crippen molar-refractivity contribution in [2.24, 2.45) is 0 Å². The molecule has 1 amide bonds. The molecule has 0 saturated heterocycles. The van der Waals surface area contributed by atoms with Crippen molar-refractivity contribution in [3.63, 3.8) is 0 Å². The molecule has 1 rings (SSSR count). The fourth-order valence-corrected chi connectivity index (χ4v) is 1.40. The monoisotopic (exact) mass is 231 g/mol. The lowest BCUT2D eigenvalue weighted by atomic mass is 9.89. The second-order valence-corrected chi connectivity index (χ2v) is 4.82. The predicted molar refractivity (Wildman–Crippen MR) is 55.3 cm³/mol. The molecular formula is C10H17NO5. The third kappa shape index (κ3) is 4.37. The van der Waals surface area contributed by atoms with Crippen molar-refractivity contribution in [1.82, 2.24) is 5.32 Å². The second-order valence-electron chi connectivity index (χ2n) is 4.82. The third-order valence-corrected chi connectivity index (χ3v) is 2.08. The van der Waals surface area contributed by atoms with Crippen molar-refractivity contribution >= 4 is 12.2 Å². The molecule has 0 aromatic carbocycles. The summed E-state index contributed by atoms with van der Waals surface area (Å²) < 4.78 is 9.58. The topological polar surface area (TPSA) is 84.9 Å². The van der Waals surface area contributed by atoms with Crippen molar-refractivity contribution in [2.45, 2.75) is 51.4 Å². The Bertz CT molecular complexity index is 277. The number of nitrogens with one attached hydrogen (secondary N) is 1. The van der Waals surface area contributed by atoms with Crippen LogP contribution in [0.15, 0.2) is 0 Å². The highest BCUT2D eigenvalue weighted by atomic mass is 16.7. The van der Waals surface area contributed by atoms with Gasteiger partial charge in [0.05, 0.1) is 0 Å². The van der Waals surface area contributed by atoms with Crippen LogP contribution >= 0.6 is 0 Å². The van der Waals surface area contributed by atoms with Gasteiger partial charge in [-0.25, -0.2) is 9.59 Å². The van der Waals surface area contributed by atoms with E-state index in [1.807, 2.05) is 0 Å². The molecule has 0 heterocycles. The van der Waals surface area contributed by atoms with E-state index >= 15 is 0 Å². The second kappa shape index (κ2) is 4.59. The summed E-state index contributed by atoms with van der Waals surface area (Å²) in [5, 5.41) is 11.0. The average molecular weight is 231 g/mol. The molecule has 2 N–H and O–H groups in total. The van der Waals surface area contributed by atoms with Crippen molar-refractivity contribution in [1.29, 1.82) is 0 Å². The summed E-state index contributed by atoms with van der Waals surface area (Å²) in [6, 6.07) is -0.0563. The van der Waals surface area contributed by atoms with E-state index in [-0.39, 0.29) is 12.1 Å². The number of carboxylic acid groups (broad SMARTS) is 1. The molecule has 0 radical (unpaired) electrons. The van der Waals surface area contributed by atoms with E-state index in [0.717, 1.165) is 0 Å². The Labute approximate surface area is 93.9 Å². The van der Waals surface area contributed by atoms with Gasteiger partial charge in [-0.3, -0.25) is 0 Å². The van der Waals surface area contributed by atoms with Crippen LogP contribution < -0.4 is 5.32 Å². The fourth-order valence-electron chi connectivity index (χ4n) is 1.40. The molecule has 0 aromatic rings. The maximum absolute atomic E-state index is 11.3. The summed E-state index contributed by atoms with van der Waals surface area (Å²) in [5.74, 6) is 0. The van der Waals surface area contributed by atoms with E-state index < -0.39 is 17.8 Å². The maximum atomic E-state index is 11.3. The number of hydrogen-bond donors (Lipinski definition) is 2. The molecule has 0 unspecified atom stereocenters. The number of alkyl carbamates (subject to hydrolysis) is 1. The summed E-state index contributed by atoms with van der Waals surface area (Å²) in [6.45, 7) is 5.34. The fraction of sp³-hybridized carbons (Fsp3) is 0.800. The molecule has 1 fully saturated rings. The minimum absolute atomic E-state index is 0.0563. The standard InChI is InChI=1S/C10H17NO5/c1-10(2,3)16-8(12)11-6-4-7(5-6)15-9(13)14/h6-7H,4-5H2,1-3H3,(H,11,12)(H,13,14). The highest BCUT2D eigenvalue weighted by Crippen LogP contribution is 2.23. The Kier molecular flexibility index (Phi) is 3.62. The summed E-state index contributed by atoms with van der Waals surface area (Å²) in [7, 11) is 0. The van der Waals surface area contributed by atoms with Gasteiger partial charge < -0.3 is 19.9 Å². The van der Waals surface area contributed by atoms with E-state index in [1.54, 1.807) is 20.8 Å². The van der Waals surface area contributed by atoms with Crippen molar-refractivity contribution in [3.05, 3.63) is 0 Å². The predicted octanol–water partition coefficient (Wildman–Crippen LogP) is 1.74. The smallest absolute Gasteiger partial charge is 0.450 e. The SMILES string of the molecule is CC(C)(C)OC(=O)NC1CC(OC(=O)O)C1. The van der Waals surface area contributed by atoms with Crippen molar-refractivity contribution in [2.75, 3.05) is 0 Å². The molecule has 6 heteroatoms. The molecule has 16 heavy (non-hydrogen) atoms. The Hall–Kier alpha value is -1.46. The summed E-state index contributed by atoms with van der Waals surface area (Å²) >= 11 is 0. The van der Waals surface area contributed by atoms with Gasteiger partial charge in [-0.05, 0) is 20.8 Å². The van der Waals surface area contributed by atoms with Crippen LogP contribution in [-0.2, 0) is 9.47 Å². The quantitative estimate of drug-likeness (QED) is 0.707. The Morgan fingerprint density at radius 2 is 1.88 bits per heavy atom. The van der Waals surface area contributed by atoms with Crippen LogP contribution in [0.5, 0.6) is 0 Å². The van der Waals surface area contributed by atoms with Gasteiger partial charge in [0, 0.05) is 18.9 Å². The van der Waals surface area contributed by atoms with Gasteiger partial charge in [-0.15, -0.1) is 0 Å². The minimum atomic E-state index is -1.28. The molecule has 92 valence electrons. The Morgan fingerprint density at radius 1 is 1.31 bits per heavy atom. The minimum Gasteiger partial charge on any atom is -0.450 e. The molecule has 6 nitrogen and oxygen atoms in total. The van der Waals surface area contributed by atoms with Gasteiger partial charge in [0.15, 0.2) is 0 Å². The number of rotatable bonds is 2. The zero-order valence-corrected chi connectivity index (χ0v) is 9.65. The molecule has 0 atom stereocenters. The van der Waals surface area contributed by atoms with Gasteiger partial charge in [-0.2, -0.15) is 0 Å². The molecule has 0 aliphatic heterocycles. The first-order valence-corrected chi connectivity index (χ1v) is 5.15. The van der Waals surface area contributed by atoms with Crippen molar-refractivity contribution < 1.29 is 24.2 Å². The van der Waals surface area contributed by atoms with E-state index in [9.17, 15) is 9.59 Å². The zero-order chi connectivity index (χ0) is 12.3. The molecular weight excluding hydrogens is 214 g/mol. The molecule has 1 aliphatic carbocycles. The highest BCUT2D eigenvalue weighted by molar-refractivity contribution is 5.68. The number of carbonyl (C=O) groups is 2. The first-order chi connectivity index (χ1) is 7.26. The number of hydrogen-bond acceptors (Lipinski definition) is 4. The van der Waals surface area contributed by atoms with Crippen LogP contribution in [0.1, 0.15) is 33.6 Å². The van der Waals surface area contributed by atoms with E-state index in [4.69, 9.17) is 9.84 Å². The molecule has 0 spiro atoms. The van der Waals surface area contributed by atoms with Gasteiger partial charge in [0.2, 0.25) is 0 Å². The lowest BCUT2D eigenvalue weighted by molar-refractivity contribution is -0.00229. The average Bonchev–Trinajstić information content (AvgIpc) is 1.95. The lowest BCUT2D eigenvalue weighted by Crippen LogP contribution is -2.49. The van der Waals surface area contributed by atoms with Crippen LogP contribution in [0, 0.1) is 0 Å². The van der Waals surface area contributed by atoms with Crippen LogP contribution in [0.25, 0.3) is 0 Å². The van der Waals surface area contributed by atoms with Crippen LogP contribution in [0.2, 0.25) is 0 Å². The van der Waals surface area contributed by atoms with Gasteiger partial charge in [0.1, 0.15) is 11.7 Å². The van der Waals surface area contributed by atoms with E-state index in [0.29, 0.717) is 12.8 Å². The third-order valence-electron chi connectivity index (χ3n) is 2.08. The highest BCUT2D eigenvalue weighted by Gasteiger charge is 2.34. The zero-order valence-electron chi connectivity index (χ0n) is 9.65. The molecule has 1 aliphatic rings. The van der Waals surface area contributed by atoms with Gasteiger partial charge in [-0.1, -0.05) is 0 Å². The molecule has 0 bridgehead atoms. The Morgan fingerprint density at radius 3 is 2.31 bits per heavy atom. The first kappa shape index (κ1) is 12.6. The van der Waals surface area contributed by atoms with Crippen molar-refractivity contribution in [3.8, 4) is 0 Å². The maximum Gasteiger partial charge on any atom is 0.506 e. The van der Waals surface area contributed by atoms with Gasteiger partial charge in [0.25, 0.3) is 0 Å². The summed E-state index contributed by atoms with van der Waals surface area (Å²) in [5.41, 5.74) is -0.523. The molecule has 0 aromatic heterocycles.